The molecule has 3 unspecified atom stereocenters. The van der Waals surface area contributed by atoms with Crippen molar-refractivity contribution in [2.75, 3.05) is 6.54 Å². The lowest BCUT2D eigenvalue weighted by Crippen LogP contribution is -2.47. The standard InChI is InChI=1S/C13H17F2N/c1-3-16-13-7-10(8(13)2)9-4-5-11(14)12(15)6-9/h4-6,8,10,13,16H,3,7H2,1-2H3. The molecule has 0 aliphatic heterocycles. The van der Waals surface area contributed by atoms with Gasteiger partial charge in [0.25, 0.3) is 0 Å². The van der Waals surface area contributed by atoms with Crippen LogP contribution in [0, 0.1) is 17.6 Å². The van der Waals surface area contributed by atoms with Crippen molar-refractivity contribution in [2.45, 2.75) is 32.2 Å². The fraction of sp³-hybridized carbons (Fsp3) is 0.538. The quantitative estimate of drug-likeness (QED) is 0.833. The highest BCUT2D eigenvalue weighted by Gasteiger charge is 2.37. The Labute approximate surface area is 94.9 Å². The lowest BCUT2D eigenvalue weighted by molar-refractivity contribution is 0.186. The van der Waals surface area contributed by atoms with E-state index in [1.54, 1.807) is 6.07 Å². The summed E-state index contributed by atoms with van der Waals surface area (Å²) < 4.78 is 25.9. The zero-order valence-corrected chi connectivity index (χ0v) is 9.63. The van der Waals surface area contributed by atoms with Crippen molar-refractivity contribution in [1.82, 2.24) is 5.32 Å². The van der Waals surface area contributed by atoms with Gasteiger partial charge in [-0.15, -0.1) is 0 Å². The van der Waals surface area contributed by atoms with Crippen LogP contribution in [-0.4, -0.2) is 12.6 Å². The Balaban J connectivity index is 2.07. The summed E-state index contributed by atoms with van der Waals surface area (Å²) in [6, 6.07) is 4.77. The molecule has 1 fully saturated rings. The molecule has 1 saturated carbocycles. The molecule has 16 heavy (non-hydrogen) atoms. The Bertz CT molecular complexity index is 378. The van der Waals surface area contributed by atoms with E-state index < -0.39 is 11.6 Å². The van der Waals surface area contributed by atoms with E-state index in [9.17, 15) is 8.78 Å². The molecule has 0 heterocycles. The molecule has 0 saturated heterocycles. The molecule has 0 radical (unpaired) electrons. The Kier molecular flexibility index (Phi) is 3.24. The van der Waals surface area contributed by atoms with Gasteiger partial charge in [-0.05, 0) is 42.5 Å². The van der Waals surface area contributed by atoms with Crippen molar-refractivity contribution in [1.29, 1.82) is 0 Å². The highest BCUT2D eigenvalue weighted by molar-refractivity contribution is 5.26. The molecule has 1 aromatic rings. The molecule has 0 amide bonds. The Morgan fingerprint density at radius 3 is 2.62 bits per heavy atom. The molecule has 1 aliphatic carbocycles. The normalized spacial score (nSPS) is 28.9. The number of nitrogens with one attached hydrogen (secondary N) is 1. The first-order valence-electron chi connectivity index (χ1n) is 5.81. The molecule has 1 aliphatic rings. The molecular formula is C13H17F2N. The van der Waals surface area contributed by atoms with Gasteiger partial charge in [-0.3, -0.25) is 0 Å². The van der Waals surface area contributed by atoms with E-state index in [1.165, 1.54) is 12.1 Å². The minimum Gasteiger partial charge on any atom is -0.314 e. The smallest absolute Gasteiger partial charge is 0.159 e. The highest BCUT2D eigenvalue weighted by Crippen LogP contribution is 2.42. The summed E-state index contributed by atoms with van der Waals surface area (Å²) in [6.45, 7) is 5.19. The highest BCUT2D eigenvalue weighted by atomic mass is 19.2. The predicted octanol–water partition coefficient (Wildman–Crippen LogP) is 3.07. The molecular weight excluding hydrogens is 208 g/mol. The number of benzene rings is 1. The SMILES string of the molecule is CCNC1CC(c2ccc(F)c(F)c2)C1C. The first kappa shape index (κ1) is 11.5. The molecule has 0 bridgehead atoms. The Hall–Kier alpha value is -0.960. The monoisotopic (exact) mass is 225 g/mol. The molecule has 1 N–H and O–H groups in total. The largest absolute Gasteiger partial charge is 0.314 e. The summed E-state index contributed by atoms with van der Waals surface area (Å²) in [5.41, 5.74) is 0.917. The van der Waals surface area contributed by atoms with Gasteiger partial charge >= 0.3 is 0 Å². The first-order valence-corrected chi connectivity index (χ1v) is 5.81. The second kappa shape index (κ2) is 4.50. The fourth-order valence-electron chi connectivity index (χ4n) is 2.50. The molecule has 3 atom stereocenters. The summed E-state index contributed by atoms with van der Waals surface area (Å²) in [5.74, 6) is -0.653. The average Bonchev–Trinajstić information content (AvgIpc) is 2.27. The van der Waals surface area contributed by atoms with Crippen LogP contribution >= 0.6 is 0 Å². The molecule has 88 valence electrons. The third-order valence-corrected chi connectivity index (χ3v) is 3.62. The van der Waals surface area contributed by atoms with Gasteiger partial charge in [-0.25, -0.2) is 8.78 Å². The lowest BCUT2D eigenvalue weighted by atomic mass is 9.67. The number of halogens is 2. The van der Waals surface area contributed by atoms with Gasteiger partial charge in [0, 0.05) is 6.04 Å². The minimum absolute atomic E-state index is 0.360. The number of hydrogen-bond donors (Lipinski definition) is 1. The molecule has 1 aromatic carbocycles. The van der Waals surface area contributed by atoms with E-state index in [1.807, 2.05) is 0 Å². The van der Waals surface area contributed by atoms with Crippen LogP contribution in [0.4, 0.5) is 8.78 Å². The van der Waals surface area contributed by atoms with Crippen molar-refractivity contribution in [3.05, 3.63) is 35.4 Å². The van der Waals surface area contributed by atoms with Gasteiger partial charge in [0.15, 0.2) is 11.6 Å². The maximum atomic E-state index is 13.1. The summed E-state index contributed by atoms with van der Waals surface area (Å²) >= 11 is 0. The second-order valence-electron chi connectivity index (χ2n) is 4.54. The fourth-order valence-corrected chi connectivity index (χ4v) is 2.50. The van der Waals surface area contributed by atoms with Crippen LogP contribution in [0.1, 0.15) is 31.7 Å². The number of hydrogen-bond acceptors (Lipinski definition) is 1. The molecule has 0 spiro atoms. The Morgan fingerprint density at radius 2 is 2.06 bits per heavy atom. The minimum atomic E-state index is -0.765. The van der Waals surface area contributed by atoms with Gasteiger partial charge < -0.3 is 5.32 Å². The van der Waals surface area contributed by atoms with Crippen LogP contribution < -0.4 is 5.32 Å². The first-order chi connectivity index (χ1) is 7.63. The van der Waals surface area contributed by atoms with Gasteiger partial charge in [0.2, 0.25) is 0 Å². The molecule has 0 aromatic heterocycles. The van der Waals surface area contributed by atoms with Crippen molar-refractivity contribution in [2.24, 2.45) is 5.92 Å². The van der Waals surface area contributed by atoms with E-state index in [2.05, 4.69) is 19.2 Å². The van der Waals surface area contributed by atoms with E-state index in [0.29, 0.717) is 17.9 Å². The van der Waals surface area contributed by atoms with Crippen LogP contribution in [0.2, 0.25) is 0 Å². The van der Waals surface area contributed by atoms with Crippen LogP contribution in [0.15, 0.2) is 18.2 Å². The van der Waals surface area contributed by atoms with Crippen molar-refractivity contribution in [3.63, 3.8) is 0 Å². The van der Waals surface area contributed by atoms with Gasteiger partial charge in [0.1, 0.15) is 0 Å². The Morgan fingerprint density at radius 1 is 1.31 bits per heavy atom. The second-order valence-corrected chi connectivity index (χ2v) is 4.54. The zero-order valence-electron chi connectivity index (χ0n) is 9.63. The van der Waals surface area contributed by atoms with E-state index in [4.69, 9.17) is 0 Å². The van der Waals surface area contributed by atoms with Crippen LogP contribution in [0.25, 0.3) is 0 Å². The van der Waals surface area contributed by atoms with Gasteiger partial charge in [-0.1, -0.05) is 19.9 Å². The zero-order chi connectivity index (χ0) is 11.7. The van der Waals surface area contributed by atoms with Gasteiger partial charge in [-0.2, -0.15) is 0 Å². The third-order valence-electron chi connectivity index (χ3n) is 3.62. The van der Waals surface area contributed by atoms with E-state index in [-0.39, 0.29) is 0 Å². The van der Waals surface area contributed by atoms with Crippen LogP contribution in [-0.2, 0) is 0 Å². The topological polar surface area (TPSA) is 12.0 Å². The third kappa shape index (κ3) is 1.96. The van der Waals surface area contributed by atoms with Crippen molar-refractivity contribution in [3.8, 4) is 0 Å². The van der Waals surface area contributed by atoms with Gasteiger partial charge in [0.05, 0.1) is 0 Å². The summed E-state index contributed by atoms with van der Waals surface area (Å²) in [7, 11) is 0. The number of rotatable bonds is 3. The maximum absolute atomic E-state index is 13.1. The van der Waals surface area contributed by atoms with E-state index >= 15 is 0 Å². The lowest BCUT2D eigenvalue weighted by Gasteiger charge is -2.43. The van der Waals surface area contributed by atoms with E-state index in [0.717, 1.165) is 18.5 Å². The maximum Gasteiger partial charge on any atom is 0.159 e. The van der Waals surface area contributed by atoms with Crippen LogP contribution in [0.5, 0.6) is 0 Å². The molecule has 2 rings (SSSR count). The average molecular weight is 225 g/mol. The molecule has 3 heteroatoms. The van der Waals surface area contributed by atoms with Crippen molar-refractivity contribution >= 4 is 0 Å². The predicted molar refractivity (Wildman–Crippen MR) is 60.3 cm³/mol. The summed E-state index contributed by atoms with van der Waals surface area (Å²) in [4.78, 5) is 0. The van der Waals surface area contributed by atoms with Crippen LogP contribution in [0.3, 0.4) is 0 Å². The summed E-state index contributed by atoms with van der Waals surface area (Å²) in [5, 5.41) is 3.39. The summed E-state index contributed by atoms with van der Waals surface area (Å²) in [6.07, 6.45) is 1.01. The van der Waals surface area contributed by atoms with Crippen molar-refractivity contribution < 1.29 is 8.78 Å². The molecule has 1 nitrogen and oxygen atoms in total.